The molecular formula is C21H23ClN4O. The van der Waals surface area contributed by atoms with Crippen LogP contribution in [0.4, 0.5) is 5.82 Å². The van der Waals surface area contributed by atoms with Crippen LogP contribution < -0.4 is 4.90 Å². The van der Waals surface area contributed by atoms with E-state index in [9.17, 15) is 4.79 Å². The maximum absolute atomic E-state index is 12.6. The predicted octanol–water partition coefficient (Wildman–Crippen LogP) is 3.85. The van der Waals surface area contributed by atoms with Gasteiger partial charge in [-0.3, -0.25) is 14.4 Å². The molecule has 0 unspecified atom stereocenters. The van der Waals surface area contributed by atoms with Gasteiger partial charge in [-0.2, -0.15) is 5.10 Å². The molecule has 2 heterocycles. The molecule has 3 aromatic rings. The van der Waals surface area contributed by atoms with E-state index in [0.29, 0.717) is 12.4 Å². The monoisotopic (exact) mass is 382 g/mol. The maximum Gasteiger partial charge on any atom is 0.243 e. The smallest absolute Gasteiger partial charge is 0.243 e. The number of alkyl halides is 1. The Kier molecular flexibility index (Phi) is 4.64. The summed E-state index contributed by atoms with van der Waals surface area (Å²) in [7, 11) is 1.86. The highest BCUT2D eigenvalue weighted by atomic mass is 35.5. The molecule has 0 fully saturated rings. The van der Waals surface area contributed by atoms with E-state index in [1.54, 1.807) is 9.58 Å². The number of aromatic nitrogens is 3. The third-order valence-corrected chi connectivity index (χ3v) is 5.62. The van der Waals surface area contributed by atoms with Crippen LogP contribution in [0.3, 0.4) is 0 Å². The van der Waals surface area contributed by atoms with Gasteiger partial charge in [0.25, 0.3) is 0 Å². The number of hydrogen-bond donors (Lipinski definition) is 0. The molecule has 5 nitrogen and oxygen atoms in total. The van der Waals surface area contributed by atoms with E-state index in [0.717, 1.165) is 35.1 Å². The number of fused-ring (bicyclic) bond motifs is 2. The second-order valence-corrected chi connectivity index (χ2v) is 7.53. The van der Waals surface area contributed by atoms with Crippen LogP contribution in [0.25, 0.3) is 11.0 Å². The summed E-state index contributed by atoms with van der Waals surface area (Å²) in [6.45, 7) is 4.58. The van der Waals surface area contributed by atoms with E-state index in [4.69, 9.17) is 16.6 Å². The third kappa shape index (κ3) is 3.21. The molecule has 0 bridgehead atoms. The largest absolute Gasteiger partial charge is 0.291 e. The number of halogens is 1. The number of hydrogen-bond acceptors (Lipinski definition) is 3. The predicted molar refractivity (Wildman–Crippen MR) is 108 cm³/mol. The Hall–Kier alpha value is -2.40. The zero-order valence-electron chi connectivity index (χ0n) is 15.9. The van der Waals surface area contributed by atoms with Crippen molar-refractivity contribution in [3.8, 4) is 0 Å². The summed E-state index contributed by atoms with van der Waals surface area (Å²) in [4.78, 5) is 19.0. The fraction of sp³-hybridized carbons (Fsp3) is 0.381. The average molecular weight is 383 g/mol. The molecular weight excluding hydrogens is 360 g/mol. The summed E-state index contributed by atoms with van der Waals surface area (Å²) >= 11 is 5.90. The summed E-state index contributed by atoms with van der Waals surface area (Å²) in [6, 6.07) is 8.27. The normalized spacial score (nSPS) is 13.2. The number of aryl methyl sites for hydroxylation is 4. The molecule has 27 heavy (non-hydrogen) atoms. The quantitative estimate of drug-likeness (QED) is 0.644. The molecule has 0 radical (unpaired) electrons. The number of pyridine rings is 1. The highest BCUT2D eigenvalue weighted by molar-refractivity contribution is 6.29. The van der Waals surface area contributed by atoms with Crippen molar-refractivity contribution in [1.29, 1.82) is 0 Å². The van der Waals surface area contributed by atoms with Crippen LogP contribution in [0.1, 0.15) is 34.4 Å². The van der Waals surface area contributed by atoms with Gasteiger partial charge in [-0.05, 0) is 67.5 Å². The van der Waals surface area contributed by atoms with Crippen LogP contribution in [0.15, 0.2) is 24.3 Å². The first-order chi connectivity index (χ1) is 13.0. The molecule has 2 aromatic heterocycles. The Morgan fingerprint density at radius 3 is 2.85 bits per heavy atom. The van der Waals surface area contributed by atoms with Crippen molar-refractivity contribution in [3.63, 3.8) is 0 Å². The number of nitrogens with zero attached hydrogens (tertiary/aromatic N) is 4. The third-order valence-electron chi connectivity index (χ3n) is 5.39. The van der Waals surface area contributed by atoms with Gasteiger partial charge in [0.15, 0.2) is 5.65 Å². The molecule has 0 N–H and O–H groups in total. The zero-order chi connectivity index (χ0) is 19.1. The van der Waals surface area contributed by atoms with Gasteiger partial charge in [0.05, 0.1) is 12.2 Å². The Morgan fingerprint density at radius 1 is 1.26 bits per heavy atom. The summed E-state index contributed by atoms with van der Waals surface area (Å²) < 4.78 is 1.75. The minimum atomic E-state index is -0.152. The number of rotatable bonds is 4. The Bertz CT molecular complexity index is 1040. The van der Waals surface area contributed by atoms with E-state index in [-0.39, 0.29) is 11.8 Å². The maximum atomic E-state index is 12.6. The summed E-state index contributed by atoms with van der Waals surface area (Å²) in [5, 5.41) is 5.41. The number of benzene rings is 1. The van der Waals surface area contributed by atoms with Crippen LogP contribution in [0.5, 0.6) is 0 Å². The Labute approximate surface area is 164 Å². The molecule has 1 amide bonds. The molecule has 0 aliphatic heterocycles. The summed E-state index contributed by atoms with van der Waals surface area (Å²) in [5.41, 5.74) is 7.00. The topological polar surface area (TPSA) is 51.0 Å². The standard InChI is InChI=1S/C21H23ClN4O/c1-13-9-15(10-16-5-4-6-17(13)16)12-26(20(27)11-22)19-8-7-18-14(2)24-25(3)21(18)23-19/h7-10H,4-6,11-12H2,1-3H3. The van der Waals surface area contributed by atoms with E-state index in [1.807, 2.05) is 26.1 Å². The molecule has 0 atom stereocenters. The lowest BCUT2D eigenvalue weighted by molar-refractivity contribution is -0.116. The van der Waals surface area contributed by atoms with Gasteiger partial charge >= 0.3 is 0 Å². The molecule has 0 saturated heterocycles. The molecule has 1 aliphatic rings. The van der Waals surface area contributed by atoms with Gasteiger partial charge in [-0.15, -0.1) is 11.6 Å². The van der Waals surface area contributed by atoms with Crippen molar-refractivity contribution >= 4 is 34.4 Å². The van der Waals surface area contributed by atoms with Crippen LogP contribution in [0.2, 0.25) is 0 Å². The number of carbonyl (C=O) groups is 1. The van der Waals surface area contributed by atoms with Gasteiger partial charge in [0, 0.05) is 12.4 Å². The molecule has 140 valence electrons. The average Bonchev–Trinajstić information content (AvgIpc) is 3.24. The minimum absolute atomic E-state index is 0.0753. The van der Waals surface area contributed by atoms with Crippen LogP contribution in [-0.4, -0.2) is 26.6 Å². The number of amides is 1. The first-order valence-electron chi connectivity index (χ1n) is 9.26. The van der Waals surface area contributed by atoms with E-state index in [1.165, 1.54) is 23.1 Å². The Morgan fingerprint density at radius 2 is 2.07 bits per heavy atom. The highest BCUT2D eigenvalue weighted by Gasteiger charge is 2.20. The molecule has 0 spiro atoms. The Balaban J connectivity index is 1.73. The molecule has 1 aromatic carbocycles. The lowest BCUT2D eigenvalue weighted by Gasteiger charge is -2.22. The SMILES string of the molecule is Cc1cc(CN(C(=O)CCl)c2ccc3c(C)nn(C)c3n2)cc2c1CCC2. The van der Waals surface area contributed by atoms with Gasteiger partial charge < -0.3 is 0 Å². The van der Waals surface area contributed by atoms with Crippen LogP contribution >= 0.6 is 11.6 Å². The zero-order valence-corrected chi connectivity index (χ0v) is 16.7. The first kappa shape index (κ1) is 18.0. The lowest BCUT2D eigenvalue weighted by atomic mass is 10.0. The van der Waals surface area contributed by atoms with Crippen molar-refractivity contribution in [2.75, 3.05) is 10.8 Å². The molecule has 0 saturated carbocycles. The van der Waals surface area contributed by atoms with E-state index in [2.05, 4.69) is 24.2 Å². The highest BCUT2D eigenvalue weighted by Crippen LogP contribution is 2.28. The lowest BCUT2D eigenvalue weighted by Crippen LogP contribution is -2.32. The minimum Gasteiger partial charge on any atom is -0.291 e. The number of anilines is 1. The summed E-state index contributed by atoms with van der Waals surface area (Å²) in [6.07, 6.45) is 3.48. The second kappa shape index (κ2) is 6.97. The molecule has 6 heteroatoms. The van der Waals surface area contributed by atoms with Gasteiger partial charge in [0.1, 0.15) is 11.7 Å². The first-order valence-corrected chi connectivity index (χ1v) is 9.79. The van der Waals surface area contributed by atoms with Crippen LogP contribution in [-0.2, 0) is 31.2 Å². The van der Waals surface area contributed by atoms with Crippen LogP contribution in [0, 0.1) is 13.8 Å². The van der Waals surface area contributed by atoms with Crippen molar-refractivity contribution in [1.82, 2.24) is 14.8 Å². The van der Waals surface area contributed by atoms with Gasteiger partial charge in [-0.1, -0.05) is 12.1 Å². The van der Waals surface area contributed by atoms with Crippen molar-refractivity contribution in [3.05, 3.63) is 52.2 Å². The van der Waals surface area contributed by atoms with Crippen molar-refractivity contribution in [2.24, 2.45) is 7.05 Å². The van der Waals surface area contributed by atoms with E-state index >= 15 is 0 Å². The fourth-order valence-corrected chi connectivity index (χ4v) is 4.24. The van der Waals surface area contributed by atoms with Crippen molar-refractivity contribution in [2.45, 2.75) is 39.7 Å². The van der Waals surface area contributed by atoms with Gasteiger partial charge in [-0.25, -0.2) is 4.98 Å². The fourth-order valence-electron chi connectivity index (χ4n) is 4.09. The summed E-state index contributed by atoms with van der Waals surface area (Å²) in [5.74, 6) is 0.378. The van der Waals surface area contributed by atoms with E-state index < -0.39 is 0 Å². The van der Waals surface area contributed by atoms with Gasteiger partial charge in [0.2, 0.25) is 5.91 Å². The molecule has 4 rings (SSSR count). The van der Waals surface area contributed by atoms with Crippen molar-refractivity contribution < 1.29 is 4.79 Å². The molecule has 1 aliphatic carbocycles. The number of carbonyl (C=O) groups excluding carboxylic acids is 1. The second-order valence-electron chi connectivity index (χ2n) is 7.27.